The average Bonchev–Trinajstić information content (AvgIpc) is 3.27. The predicted molar refractivity (Wildman–Crippen MR) is 159 cm³/mol. The summed E-state index contributed by atoms with van der Waals surface area (Å²) in [6.45, 7) is 11.5. The Morgan fingerprint density at radius 1 is 1.07 bits per heavy atom. The molecule has 41 heavy (non-hydrogen) atoms. The molecular weight excluding hydrogens is 545 g/mol. The lowest BCUT2D eigenvalue weighted by Gasteiger charge is -2.27. The van der Waals surface area contributed by atoms with E-state index in [0.29, 0.717) is 29.5 Å². The number of carbonyl (C=O) groups excluding carboxylic acids is 1. The quantitative estimate of drug-likeness (QED) is 0.152. The minimum Gasteiger partial charge on any atom is -0.462 e. The highest BCUT2D eigenvalue weighted by Crippen LogP contribution is 2.47. The largest absolute Gasteiger partial charge is 0.462 e. The first-order chi connectivity index (χ1) is 19.5. The van der Waals surface area contributed by atoms with Crippen molar-refractivity contribution in [2.24, 2.45) is 0 Å². The molecule has 3 N–H and O–H groups in total. The van der Waals surface area contributed by atoms with Gasteiger partial charge in [0.15, 0.2) is 5.82 Å². The molecule has 4 aromatic rings. The fourth-order valence-electron chi connectivity index (χ4n) is 4.42. The van der Waals surface area contributed by atoms with Gasteiger partial charge in [0, 0.05) is 12.0 Å². The molecule has 0 fully saturated rings. The van der Waals surface area contributed by atoms with Crippen molar-refractivity contribution in [2.45, 2.75) is 72.9 Å². The molecule has 0 saturated heterocycles. The van der Waals surface area contributed by atoms with Crippen molar-refractivity contribution in [1.29, 1.82) is 0 Å². The number of nitrogens with zero attached hydrogens (tertiary/aromatic N) is 3. The van der Waals surface area contributed by atoms with Gasteiger partial charge in [-0.2, -0.15) is 5.09 Å². The minimum atomic E-state index is -4.10. The lowest BCUT2D eigenvalue weighted by atomic mass is 10.2. The van der Waals surface area contributed by atoms with E-state index in [9.17, 15) is 9.36 Å². The number of imidazole rings is 1. The van der Waals surface area contributed by atoms with Crippen molar-refractivity contribution in [1.82, 2.24) is 19.6 Å². The molecule has 0 amide bonds. The Morgan fingerprint density at radius 3 is 2.49 bits per heavy atom. The van der Waals surface area contributed by atoms with Gasteiger partial charge >= 0.3 is 13.7 Å². The van der Waals surface area contributed by atoms with E-state index in [4.69, 9.17) is 29.2 Å². The highest BCUT2D eigenvalue weighted by atomic mass is 31.2. The van der Waals surface area contributed by atoms with Crippen molar-refractivity contribution in [2.75, 3.05) is 12.3 Å². The molecule has 3 atom stereocenters. The van der Waals surface area contributed by atoms with Crippen molar-refractivity contribution in [3.63, 3.8) is 0 Å². The number of carbonyl (C=O) groups is 1. The van der Waals surface area contributed by atoms with Gasteiger partial charge in [-0.25, -0.2) is 14.5 Å². The first kappa shape index (κ1) is 30.5. The Bertz CT molecular complexity index is 1570. The molecule has 0 saturated carbocycles. The van der Waals surface area contributed by atoms with E-state index in [1.807, 2.05) is 54.8 Å². The van der Waals surface area contributed by atoms with Crippen LogP contribution < -0.4 is 15.3 Å². The molecule has 4 rings (SSSR count). The van der Waals surface area contributed by atoms with E-state index in [-0.39, 0.29) is 19.3 Å². The van der Waals surface area contributed by atoms with Crippen LogP contribution in [0.15, 0.2) is 48.5 Å². The first-order valence-corrected chi connectivity index (χ1v) is 15.2. The summed E-state index contributed by atoms with van der Waals surface area (Å²) in [7, 11) is -4.10. The molecule has 0 spiro atoms. The smallest absolute Gasteiger partial charge is 0.459 e. The second-order valence-corrected chi connectivity index (χ2v) is 11.7. The summed E-state index contributed by atoms with van der Waals surface area (Å²) in [5.74, 6) is 0.726. The molecule has 2 heterocycles. The monoisotopic (exact) mass is 583 g/mol. The number of nitrogens with one attached hydrogen (secondary N) is 1. The van der Waals surface area contributed by atoms with Crippen molar-refractivity contribution < 1.29 is 27.9 Å². The van der Waals surface area contributed by atoms with Crippen LogP contribution in [0.5, 0.6) is 5.75 Å². The Balaban J connectivity index is 1.70. The third-order valence-corrected chi connectivity index (χ3v) is 8.03. The zero-order valence-corrected chi connectivity index (χ0v) is 25.2. The Kier molecular flexibility index (Phi) is 9.65. The molecule has 0 aliphatic rings. The van der Waals surface area contributed by atoms with E-state index in [1.165, 1.54) is 0 Å². The van der Waals surface area contributed by atoms with Gasteiger partial charge in [0.25, 0.3) is 0 Å². The summed E-state index contributed by atoms with van der Waals surface area (Å²) < 4.78 is 39.2. The maximum absolute atomic E-state index is 14.2. The summed E-state index contributed by atoms with van der Waals surface area (Å²) in [5.41, 5.74) is 9.11. The lowest BCUT2D eigenvalue weighted by molar-refractivity contribution is -0.149. The van der Waals surface area contributed by atoms with Crippen molar-refractivity contribution in [3.8, 4) is 5.75 Å². The van der Waals surface area contributed by atoms with Crippen LogP contribution >= 0.6 is 7.75 Å². The topological polar surface area (TPSA) is 140 Å². The summed E-state index contributed by atoms with van der Waals surface area (Å²) in [6, 6.07) is 13.8. The molecule has 0 bridgehead atoms. The van der Waals surface area contributed by atoms with Gasteiger partial charge < -0.3 is 24.3 Å². The lowest BCUT2D eigenvalue weighted by Crippen LogP contribution is -2.37. The van der Waals surface area contributed by atoms with Gasteiger partial charge in [0.05, 0.1) is 29.8 Å². The normalized spacial score (nSPS) is 14.7. The van der Waals surface area contributed by atoms with E-state index in [1.54, 1.807) is 39.8 Å². The van der Waals surface area contributed by atoms with Crippen LogP contribution in [0.4, 0.5) is 5.82 Å². The maximum atomic E-state index is 14.2. The van der Waals surface area contributed by atoms with E-state index in [2.05, 4.69) is 10.1 Å². The zero-order valence-electron chi connectivity index (χ0n) is 24.3. The molecule has 0 aliphatic heterocycles. The number of aryl methyl sites for hydroxylation is 1. The number of nitrogens with two attached hydrogens (primary N) is 1. The van der Waals surface area contributed by atoms with Gasteiger partial charge in [0.1, 0.15) is 29.7 Å². The second-order valence-electron chi connectivity index (χ2n) is 10.1. The van der Waals surface area contributed by atoms with Gasteiger partial charge in [-0.05, 0) is 59.2 Å². The van der Waals surface area contributed by atoms with Crippen LogP contribution in [0.2, 0.25) is 0 Å². The van der Waals surface area contributed by atoms with Crippen LogP contribution in [0.3, 0.4) is 0 Å². The van der Waals surface area contributed by atoms with Gasteiger partial charge in [-0.3, -0.25) is 9.32 Å². The molecule has 220 valence electrons. The second kappa shape index (κ2) is 13.0. The number of anilines is 1. The molecule has 0 aliphatic carbocycles. The van der Waals surface area contributed by atoms with Crippen LogP contribution in [-0.4, -0.2) is 45.4 Å². The fraction of sp³-hybridized carbons (Fsp3) is 0.414. The van der Waals surface area contributed by atoms with Gasteiger partial charge in [0.2, 0.25) is 0 Å². The van der Waals surface area contributed by atoms with E-state index < -0.39 is 25.9 Å². The molecule has 12 heteroatoms. The molecular formula is C29H38N5O6P. The zero-order chi connectivity index (χ0) is 29.7. The number of esters is 1. The van der Waals surface area contributed by atoms with Crippen molar-refractivity contribution >= 4 is 41.5 Å². The van der Waals surface area contributed by atoms with E-state index >= 15 is 0 Å². The number of ether oxygens (including phenoxy) is 2. The SMILES string of the molecule is CCOCc1nc2c(N)nc3ccccc3c2n1C[C@@H](C)O[P@@](=O)(N[C@@H](C)C(=O)OC(C)C)Oc1ccccc1C. The predicted octanol–water partition coefficient (Wildman–Crippen LogP) is 5.53. The summed E-state index contributed by atoms with van der Waals surface area (Å²) in [6.07, 6.45) is -1.00. The molecule has 0 unspecified atom stereocenters. The number of hydrogen-bond donors (Lipinski definition) is 2. The fourth-order valence-corrected chi connectivity index (χ4v) is 6.16. The Hall–Kier alpha value is -3.50. The number of aromatic nitrogens is 3. The first-order valence-electron chi connectivity index (χ1n) is 13.6. The minimum absolute atomic E-state index is 0.235. The van der Waals surface area contributed by atoms with Gasteiger partial charge in [-0.1, -0.05) is 36.4 Å². The van der Waals surface area contributed by atoms with Crippen LogP contribution in [0, 0.1) is 6.92 Å². The highest BCUT2D eigenvalue weighted by molar-refractivity contribution is 7.52. The molecule has 0 radical (unpaired) electrons. The molecule has 2 aromatic heterocycles. The van der Waals surface area contributed by atoms with Crippen LogP contribution in [-0.2, 0) is 36.5 Å². The van der Waals surface area contributed by atoms with Crippen LogP contribution in [0.1, 0.15) is 46.0 Å². The number of nitrogen functional groups attached to an aromatic ring is 1. The number of pyridine rings is 1. The standard InChI is InChI=1S/C29H38N5O6P/c1-7-37-17-25-32-26-27(22-13-9-10-14-23(22)31-28(26)30)34(25)16-20(5)39-41(36,33-21(6)29(35)38-18(2)3)40-24-15-11-8-12-19(24)4/h8-15,18,20-21H,7,16-17H2,1-6H3,(H2,30,31)(H,33,36)/t20-,21+,41+/m1/s1. The third-order valence-electron chi connectivity index (χ3n) is 6.25. The van der Waals surface area contributed by atoms with Crippen molar-refractivity contribution in [3.05, 3.63) is 59.9 Å². The summed E-state index contributed by atoms with van der Waals surface area (Å²) >= 11 is 0. The Labute approximate surface area is 239 Å². The maximum Gasteiger partial charge on any atom is 0.459 e. The highest BCUT2D eigenvalue weighted by Gasteiger charge is 2.35. The molecule has 2 aromatic carbocycles. The number of fused-ring (bicyclic) bond motifs is 3. The molecule has 11 nitrogen and oxygen atoms in total. The number of benzene rings is 2. The summed E-state index contributed by atoms with van der Waals surface area (Å²) in [5, 5.41) is 3.63. The number of hydrogen-bond acceptors (Lipinski definition) is 9. The summed E-state index contributed by atoms with van der Waals surface area (Å²) in [4.78, 5) is 21.8. The van der Waals surface area contributed by atoms with Crippen LogP contribution in [0.25, 0.3) is 21.9 Å². The number of para-hydroxylation sites is 2. The Morgan fingerprint density at radius 2 is 1.78 bits per heavy atom. The number of rotatable bonds is 13. The third kappa shape index (κ3) is 7.23. The van der Waals surface area contributed by atoms with E-state index in [0.717, 1.165) is 22.0 Å². The average molecular weight is 584 g/mol. The van der Waals surface area contributed by atoms with Gasteiger partial charge in [-0.15, -0.1) is 0 Å².